The van der Waals surface area contributed by atoms with Crippen LogP contribution in [0.4, 0.5) is 10.1 Å². The monoisotopic (exact) mass is 319 g/mol. The molecule has 1 aromatic heterocycles. The first-order valence-electron chi connectivity index (χ1n) is 7.98. The molecule has 1 aromatic carbocycles. The number of likely N-dealkylation sites (N-methyl/N-ethyl adjacent to an activating group) is 1. The number of halogens is 1. The lowest BCUT2D eigenvalue weighted by atomic mass is 9.98. The van der Waals surface area contributed by atoms with Gasteiger partial charge >= 0.3 is 0 Å². The van der Waals surface area contributed by atoms with E-state index in [4.69, 9.17) is 0 Å². The molecule has 1 fully saturated rings. The Hall–Kier alpha value is -1.92. The van der Waals surface area contributed by atoms with E-state index in [2.05, 4.69) is 9.88 Å². The summed E-state index contributed by atoms with van der Waals surface area (Å²) in [6, 6.07) is 2.66. The first-order chi connectivity index (χ1) is 11.0. The van der Waals surface area contributed by atoms with Crippen LogP contribution in [-0.2, 0) is 0 Å². The molecule has 3 rings (SSSR count). The average Bonchev–Trinajstić information content (AvgIpc) is 2.55. The molecule has 6 heteroatoms. The summed E-state index contributed by atoms with van der Waals surface area (Å²) in [6.45, 7) is 4.91. The van der Waals surface area contributed by atoms with Gasteiger partial charge in [0.05, 0.1) is 17.3 Å². The van der Waals surface area contributed by atoms with Gasteiger partial charge < -0.3 is 19.9 Å². The Labute approximate surface area is 134 Å². The zero-order valence-corrected chi connectivity index (χ0v) is 13.5. The molecule has 0 amide bonds. The second-order valence-electron chi connectivity index (χ2n) is 6.10. The van der Waals surface area contributed by atoms with E-state index in [-0.39, 0.29) is 10.8 Å². The molecular weight excluding hydrogens is 297 g/mol. The third-order valence-corrected chi connectivity index (χ3v) is 4.56. The molecule has 0 bridgehead atoms. The molecule has 1 aliphatic heterocycles. The van der Waals surface area contributed by atoms with Crippen molar-refractivity contribution in [3.8, 4) is 0 Å². The summed E-state index contributed by atoms with van der Waals surface area (Å²) < 4.78 is 14.8. The van der Waals surface area contributed by atoms with Crippen molar-refractivity contribution >= 4 is 16.6 Å². The van der Waals surface area contributed by atoms with Gasteiger partial charge in [0.1, 0.15) is 5.82 Å². The normalized spacial score (nSPS) is 17.7. The smallest absolute Gasteiger partial charge is 0.189 e. The minimum Gasteiger partial charge on any atom is -0.388 e. The highest BCUT2D eigenvalue weighted by Gasteiger charge is 2.26. The Morgan fingerprint density at radius 2 is 2.04 bits per heavy atom. The summed E-state index contributed by atoms with van der Waals surface area (Å²) in [4.78, 5) is 19.2. The maximum Gasteiger partial charge on any atom is 0.189 e. The predicted molar refractivity (Wildman–Crippen MR) is 89.5 cm³/mol. The highest BCUT2D eigenvalue weighted by atomic mass is 19.1. The number of fused-ring (bicyclic) bond motifs is 1. The van der Waals surface area contributed by atoms with E-state index in [1.54, 1.807) is 6.20 Å². The number of hydrogen-bond acceptors (Lipinski definition) is 4. The predicted octanol–water partition coefficient (Wildman–Crippen LogP) is 1.86. The van der Waals surface area contributed by atoms with Crippen LogP contribution in [0.5, 0.6) is 0 Å². The van der Waals surface area contributed by atoms with Gasteiger partial charge in [0.2, 0.25) is 0 Å². The van der Waals surface area contributed by atoms with Crippen molar-refractivity contribution in [2.24, 2.45) is 0 Å². The Balaban J connectivity index is 2.23. The highest BCUT2D eigenvalue weighted by Crippen LogP contribution is 2.36. The van der Waals surface area contributed by atoms with E-state index >= 15 is 0 Å². The number of rotatable bonds is 3. The zero-order chi connectivity index (χ0) is 16.6. The lowest BCUT2D eigenvalue weighted by Crippen LogP contribution is -2.45. The van der Waals surface area contributed by atoms with Gasteiger partial charge in [-0.05, 0) is 19.5 Å². The number of aromatic nitrogens is 1. The zero-order valence-electron chi connectivity index (χ0n) is 13.5. The number of aromatic amines is 1. The van der Waals surface area contributed by atoms with E-state index in [1.165, 1.54) is 12.1 Å². The number of aliphatic hydroxyl groups excluding tert-OH is 1. The van der Waals surface area contributed by atoms with Gasteiger partial charge in [0, 0.05) is 49.4 Å². The Kier molecular flexibility index (Phi) is 4.37. The topological polar surface area (TPSA) is 59.6 Å². The van der Waals surface area contributed by atoms with E-state index in [9.17, 15) is 14.3 Å². The molecule has 23 heavy (non-hydrogen) atoms. The van der Waals surface area contributed by atoms with Crippen LogP contribution in [0.3, 0.4) is 0 Å². The minimum absolute atomic E-state index is 0.243. The molecule has 0 saturated carbocycles. The van der Waals surface area contributed by atoms with E-state index in [0.29, 0.717) is 36.3 Å². The van der Waals surface area contributed by atoms with Gasteiger partial charge in [-0.15, -0.1) is 0 Å². The number of nitrogens with one attached hydrogen (secondary N) is 1. The number of H-pyrrole nitrogens is 1. The second kappa shape index (κ2) is 6.29. The van der Waals surface area contributed by atoms with Crippen LogP contribution >= 0.6 is 0 Å². The van der Waals surface area contributed by atoms with Gasteiger partial charge in [-0.3, -0.25) is 4.79 Å². The van der Waals surface area contributed by atoms with Crippen LogP contribution in [0.15, 0.2) is 23.1 Å². The molecule has 1 saturated heterocycles. The van der Waals surface area contributed by atoms with Crippen molar-refractivity contribution < 1.29 is 9.50 Å². The molecule has 0 radical (unpaired) electrons. The summed E-state index contributed by atoms with van der Waals surface area (Å²) in [5.74, 6) is -0.443. The molecule has 0 aliphatic carbocycles. The summed E-state index contributed by atoms with van der Waals surface area (Å²) >= 11 is 0. The van der Waals surface area contributed by atoms with Crippen molar-refractivity contribution in [2.45, 2.75) is 19.4 Å². The molecule has 0 spiro atoms. The number of hydrogen-bond donors (Lipinski definition) is 2. The van der Waals surface area contributed by atoms with Gasteiger partial charge in [-0.2, -0.15) is 0 Å². The average molecular weight is 319 g/mol. The molecule has 1 atom stereocenters. The number of nitrogens with zero attached hydrogens (tertiary/aromatic N) is 2. The summed E-state index contributed by atoms with van der Waals surface area (Å²) in [6.07, 6.45) is 1.18. The van der Waals surface area contributed by atoms with Crippen molar-refractivity contribution in [3.05, 3.63) is 39.9 Å². The number of pyridine rings is 1. The summed E-state index contributed by atoms with van der Waals surface area (Å²) in [5.41, 5.74) is 1.20. The Bertz CT molecular complexity index is 766. The van der Waals surface area contributed by atoms with Gasteiger partial charge in [-0.1, -0.05) is 6.92 Å². The Morgan fingerprint density at radius 3 is 2.70 bits per heavy atom. The fraction of sp³-hybridized carbons (Fsp3) is 0.471. The quantitative estimate of drug-likeness (QED) is 0.907. The summed E-state index contributed by atoms with van der Waals surface area (Å²) in [7, 11) is 2.04. The number of benzene rings is 1. The molecule has 2 aromatic rings. The summed E-state index contributed by atoms with van der Waals surface area (Å²) in [5, 5.41) is 10.8. The third-order valence-electron chi connectivity index (χ3n) is 4.56. The number of anilines is 1. The Morgan fingerprint density at radius 1 is 1.35 bits per heavy atom. The fourth-order valence-corrected chi connectivity index (χ4v) is 3.18. The second-order valence-corrected chi connectivity index (χ2v) is 6.10. The fourth-order valence-electron chi connectivity index (χ4n) is 3.18. The lowest BCUT2D eigenvalue weighted by Gasteiger charge is -2.36. The lowest BCUT2D eigenvalue weighted by molar-refractivity contribution is 0.174. The maximum atomic E-state index is 14.8. The molecule has 1 aliphatic rings. The minimum atomic E-state index is -0.819. The molecule has 1 unspecified atom stereocenters. The number of aliphatic hydroxyl groups is 1. The molecule has 5 nitrogen and oxygen atoms in total. The van der Waals surface area contributed by atoms with Crippen molar-refractivity contribution in [3.63, 3.8) is 0 Å². The van der Waals surface area contributed by atoms with E-state index in [0.717, 1.165) is 13.1 Å². The van der Waals surface area contributed by atoms with Crippen molar-refractivity contribution in [2.75, 3.05) is 38.1 Å². The van der Waals surface area contributed by atoms with Crippen LogP contribution in [-0.4, -0.2) is 48.2 Å². The van der Waals surface area contributed by atoms with Crippen LogP contribution in [0, 0.1) is 5.82 Å². The van der Waals surface area contributed by atoms with Gasteiger partial charge in [0.15, 0.2) is 5.43 Å². The third kappa shape index (κ3) is 2.84. The maximum absolute atomic E-state index is 14.8. The van der Waals surface area contributed by atoms with E-state index in [1.807, 2.05) is 18.9 Å². The molecule has 124 valence electrons. The number of piperazine rings is 1. The molecule has 2 heterocycles. The van der Waals surface area contributed by atoms with Gasteiger partial charge in [0.25, 0.3) is 0 Å². The van der Waals surface area contributed by atoms with Crippen LogP contribution in [0.1, 0.15) is 25.0 Å². The van der Waals surface area contributed by atoms with Crippen molar-refractivity contribution in [1.82, 2.24) is 9.88 Å². The first kappa shape index (κ1) is 16.0. The molecule has 2 N–H and O–H groups in total. The van der Waals surface area contributed by atoms with Crippen LogP contribution < -0.4 is 10.3 Å². The van der Waals surface area contributed by atoms with Gasteiger partial charge in [-0.25, -0.2) is 4.39 Å². The van der Waals surface area contributed by atoms with Crippen LogP contribution in [0.25, 0.3) is 10.9 Å². The standard InChI is InChI=1S/C17H22FN3O2/c1-3-13(22)15-16-11(14(23)4-5-19-16)10-12(18)17(15)21-8-6-20(2)7-9-21/h4-5,10,13,22H,3,6-9H2,1-2H3,(H,19,23). The van der Waals surface area contributed by atoms with E-state index < -0.39 is 11.9 Å². The molecular formula is C17H22FN3O2. The first-order valence-corrected chi connectivity index (χ1v) is 7.98. The van der Waals surface area contributed by atoms with Crippen molar-refractivity contribution in [1.29, 1.82) is 0 Å². The largest absolute Gasteiger partial charge is 0.388 e. The highest BCUT2D eigenvalue weighted by molar-refractivity contribution is 5.87. The van der Waals surface area contributed by atoms with Crippen LogP contribution in [0.2, 0.25) is 0 Å². The SMILES string of the molecule is CCC(O)c1c(N2CCN(C)CC2)c(F)cc2c(=O)cc[nH]c12.